The minimum atomic E-state index is -0.393. The number of ketones is 1. The van der Waals surface area contributed by atoms with Crippen molar-refractivity contribution in [2.24, 2.45) is 16.7 Å². The molecule has 246 valence electrons. The molecule has 9 heteroatoms. The van der Waals surface area contributed by atoms with Crippen LogP contribution in [0.4, 0.5) is 0 Å². The number of hydrogen-bond donors (Lipinski definition) is 2. The van der Waals surface area contributed by atoms with Crippen LogP contribution in [0.25, 0.3) is 0 Å². The Kier molecular flexibility index (Phi) is 9.07. The first kappa shape index (κ1) is 32.1. The molecule has 7 fully saturated rings. The Labute approximate surface area is 262 Å². The van der Waals surface area contributed by atoms with E-state index in [2.05, 4.69) is 37.5 Å². The largest absolute Gasteiger partial charge is 0.465 e. The molecule has 0 radical (unpaired) electrons. The van der Waals surface area contributed by atoms with Crippen molar-refractivity contribution in [1.29, 1.82) is 0 Å². The average molecular weight is 615 g/mol. The number of allylic oxidation sites excluding steroid dienone is 1. The van der Waals surface area contributed by atoms with Gasteiger partial charge in [-0.25, -0.2) is 0 Å². The van der Waals surface area contributed by atoms with Crippen molar-refractivity contribution >= 4 is 17.7 Å². The molecule has 4 aliphatic carbocycles. The average Bonchev–Trinajstić information content (AvgIpc) is 3.86. The summed E-state index contributed by atoms with van der Waals surface area (Å²) in [7, 11) is 1.76. The highest BCUT2D eigenvalue weighted by atomic mass is 16.6. The van der Waals surface area contributed by atoms with Crippen molar-refractivity contribution in [3.63, 3.8) is 0 Å². The lowest BCUT2D eigenvalue weighted by molar-refractivity contribution is -0.152. The number of methoxy groups -OCH3 is 1. The molecule has 7 atom stereocenters. The fourth-order valence-corrected chi connectivity index (χ4v) is 9.22. The molecule has 0 aromatic heterocycles. The molecule has 3 aliphatic heterocycles. The van der Waals surface area contributed by atoms with E-state index in [0.717, 1.165) is 90.2 Å². The van der Waals surface area contributed by atoms with Crippen LogP contribution in [0, 0.1) is 16.7 Å². The molecule has 3 heterocycles. The van der Waals surface area contributed by atoms with Crippen LogP contribution in [0.15, 0.2) is 11.6 Å². The number of fused-ring (bicyclic) bond motifs is 3. The Morgan fingerprint density at radius 2 is 1.70 bits per heavy atom. The van der Waals surface area contributed by atoms with Gasteiger partial charge in [0.1, 0.15) is 17.4 Å². The molecule has 4 saturated carbocycles. The summed E-state index contributed by atoms with van der Waals surface area (Å²) in [6.45, 7) is 8.40. The van der Waals surface area contributed by atoms with Gasteiger partial charge in [-0.05, 0) is 111 Å². The fraction of sp³-hybridized carbons (Fsp3) is 0.857. The van der Waals surface area contributed by atoms with Gasteiger partial charge >= 0.3 is 5.97 Å². The van der Waals surface area contributed by atoms with Gasteiger partial charge in [0.2, 0.25) is 5.91 Å². The highest BCUT2D eigenvalue weighted by Gasteiger charge is 2.72. The van der Waals surface area contributed by atoms with Crippen molar-refractivity contribution in [2.45, 2.75) is 146 Å². The SMILES string of the molecule is CO[C@@H]1[C@H](NC(=O)C23CCC(C(=O)CCCCOC(=O)C4CCCN4)(CC2)CC3)CC[C@]2(CO2)[C@H]1[C@]1(C)O[C@@H]1CC=C(C)C. The number of ether oxygens (including phenoxy) is 4. The number of Topliss-reactive ketones (excluding diaryl/α,β-unsaturated/α-hetero) is 1. The van der Waals surface area contributed by atoms with Crippen molar-refractivity contribution in [2.75, 3.05) is 26.9 Å². The third kappa shape index (κ3) is 6.03. The predicted molar refractivity (Wildman–Crippen MR) is 165 cm³/mol. The van der Waals surface area contributed by atoms with Gasteiger partial charge in [-0.15, -0.1) is 0 Å². The molecular weight excluding hydrogens is 560 g/mol. The molecule has 2 bridgehead atoms. The zero-order valence-electron chi connectivity index (χ0n) is 27.3. The van der Waals surface area contributed by atoms with Crippen molar-refractivity contribution in [3.8, 4) is 0 Å². The number of hydrogen-bond acceptors (Lipinski definition) is 8. The highest BCUT2D eigenvalue weighted by Crippen LogP contribution is 2.60. The van der Waals surface area contributed by atoms with Gasteiger partial charge in [-0.3, -0.25) is 14.4 Å². The summed E-state index contributed by atoms with van der Waals surface area (Å²) in [5.41, 5.74) is 0.0761. The monoisotopic (exact) mass is 614 g/mol. The van der Waals surface area contributed by atoms with Crippen LogP contribution in [0.2, 0.25) is 0 Å². The summed E-state index contributed by atoms with van der Waals surface area (Å²) in [5.74, 6) is 0.372. The van der Waals surface area contributed by atoms with Gasteiger partial charge in [0.25, 0.3) is 0 Å². The number of carbonyl (C=O) groups is 3. The fourth-order valence-electron chi connectivity index (χ4n) is 9.22. The number of carbonyl (C=O) groups excluding carboxylic acids is 3. The van der Waals surface area contributed by atoms with E-state index in [1.165, 1.54) is 5.57 Å². The zero-order valence-corrected chi connectivity index (χ0v) is 27.3. The molecule has 9 nitrogen and oxygen atoms in total. The van der Waals surface area contributed by atoms with Crippen LogP contribution >= 0.6 is 0 Å². The van der Waals surface area contributed by atoms with E-state index in [0.29, 0.717) is 25.2 Å². The van der Waals surface area contributed by atoms with Crippen LogP contribution in [-0.2, 0) is 33.3 Å². The van der Waals surface area contributed by atoms with E-state index in [1.54, 1.807) is 7.11 Å². The molecule has 0 aromatic rings. The predicted octanol–water partition coefficient (Wildman–Crippen LogP) is 4.55. The first-order valence-corrected chi connectivity index (χ1v) is 17.3. The molecule has 7 rings (SSSR count). The normalized spacial score (nSPS) is 42.1. The topological polar surface area (TPSA) is 119 Å². The maximum atomic E-state index is 14.0. The first-order valence-electron chi connectivity index (χ1n) is 17.3. The smallest absolute Gasteiger partial charge is 0.323 e. The van der Waals surface area contributed by atoms with E-state index >= 15 is 0 Å². The number of amides is 1. The lowest BCUT2D eigenvalue weighted by Gasteiger charge is -2.52. The van der Waals surface area contributed by atoms with Gasteiger partial charge < -0.3 is 29.6 Å². The number of epoxide rings is 2. The molecule has 0 aromatic carbocycles. The zero-order chi connectivity index (χ0) is 31.2. The van der Waals surface area contributed by atoms with Gasteiger partial charge in [0.15, 0.2) is 0 Å². The second-order valence-corrected chi connectivity index (χ2v) is 15.2. The molecule has 1 unspecified atom stereocenters. The molecule has 7 aliphatic rings. The van der Waals surface area contributed by atoms with Gasteiger partial charge in [0, 0.05) is 30.3 Å². The number of nitrogens with one attached hydrogen (secondary N) is 2. The molecular formula is C35H54N2O7. The second kappa shape index (κ2) is 12.4. The third-order valence-corrected chi connectivity index (χ3v) is 12.3. The number of rotatable bonds is 13. The van der Waals surface area contributed by atoms with E-state index in [4.69, 9.17) is 18.9 Å². The Morgan fingerprint density at radius 1 is 1.00 bits per heavy atom. The van der Waals surface area contributed by atoms with Crippen LogP contribution in [0.5, 0.6) is 0 Å². The number of unbranched alkanes of at least 4 members (excludes halogenated alkanes) is 1. The van der Waals surface area contributed by atoms with Crippen LogP contribution in [0.1, 0.15) is 111 Å². The van der Waals surface area contributed by atoms with Gasteiger partial charge in [-0.2, -0.15) is 0 Å². The first-order chi connectivity index (χ1) is 21.1. The maximum absolute atomic E-state index is 14.0. The Bertz CT molecular complexity index is 1110. The van der Waals surface area contributed by atoms with Crippen LogP contribution < -0.4 is 10.6 Å². The molecule has 1 spiro atoms. The second-order valence-electron chi connectivity index (χ2n) is 15.2. The van der Waals surface area contributed by atoms with Crippen molar-refractivity contribution in [3.05, 3.63) is 11.6 Å². The lowest BCUT2D eigenvalue weighted by atomic mass is 9.52. The maximum Gasteiger partial charge on any atom is 0.323 e. The van der Waals surface area contributed by atoms with E-state index < -0.39 is 5.41 Å². The molecule has 3 saturated heterocycles. The summed E-state index contributed by atoms with van der Waals surface area (Å²) in [6.07, 6.45) is 13.3. The van der Waals surface area contributed by atoms with Crippen molar-refractivity contribution < 1.29 is 33.3 Å². The van der Waals surface area contributed by atoms with Gasteiger partial charge in [-0.1, -0.05) is 11.6 Å². The molecule has 2 N–H and O–H groups in total. The minimum Gasteiger partial charge on any atom is -0.465 e. The van der Waals surface area contributed by atoms with Crippen molar-refractivity contribution in [1.82, 2.24) is 10.6 Å². The minimum absolute atomic E-state index is 0.0676. The Balaban J connectivity index is 0.998. The Hall–Kier alpha value is -1.81. The van der Waals surface area contributed by atoms with Crippen LogP contribution in [-0.4, -0.2) is 80.0 Å². The molecule has 44 heavy (non-hydrogen) atoms. The lowest BCUT2D eigenvalue weighted by Crippen LogP contribution is -2.62. The number of esters is 1. The summed E-state index contributed by atoms with van der Waals surface area (Å²) in [6, 6.07) is -0.248. The van der Waals surface area contributed by atoms with Gasteiger partial charge in [0.05, 0.1) is 37.1 Å². The Morgan fingerprint density at radius 3 is 2.32 bits per heavy atom. The van der Waals surface area contributed by atoms with E-state index in [-0.39, 0.29) is 58.7 Å². The van der Waals surface area contributed by atoms with E-state index in [1.807, 2.05) is 0 Å². The summed E-state index contributed by atoms with van der Waals surface area (Å²) < 4.78 is 24.0. The van der Waals surface area contributed by atoms with Crippen LogP contribution in [0.3, 0.4) is 0 Å². The summed E-state index contributed by atoms with van der Waals surface area (Å²) in [4.78, 5) is 39.5. The standard InChI is InChI=1S/C35H54N2O7/c1-23(2)10-11-27-32(3,44-27)29-28(41-4)24(12-13-35(29)22-43-35)37-31(40)34-17-14-33(15-18-34,16-19-34)26(38)9-5-6-21-42-30(39)25-8-7-20-36-25/h10,24-25,27-29,36H,5-9,11-22H2,1-4H3,(H,37,40)/t24-,25?,27-,28-,29-,32-,33?,34?,35+/m1/s1. The van der Waals surface area contributed by atoms with E-state index in [9.17, 15) is 14.4 Å². The third-order valence-electron chi connectivity index (χ3n) is 12.3. The quantitative estimate of drug-likeness (QED) is 0.134. The molecule has 1 amide bonds. The highest BCUT2D eigenvalue weighted by molar-refractivity contribution is 5.88. The summed E-state index contributed by atoms with van der Waals surface area (Å²) >= 11 is 0. The summed E-state index contributed by atoms with van der Waals surface area (Å²) in [5, 5.41) is 6.63.